The van der Waals surface area contributed by atoms with E-state index >= 15 is 0 Å². The summed E-state index contributed by atoms with van der Waals surface area (Å²) in [5.41, 5.74) is 1.06. The normalized spacial score (nSPS) is 23.6. The fraction of sp³-hybridized carbons (Fsp3) is 0.533. The summed E-state index contributed by atoms with van der Waals surface area (Å²) in [5.74, 6) is -0.439. The summed E-state index contributed by atoms with van der Waals surface area (Å²) >= 11 is 0. The third-order valence-electron chi connectivity index (χ3n) is 3.32. The van der Waals surface area contributed by atoms with Crippen LogP contribution in [0.1, 0.15) is 19.4 Å². The highest BCUT2D eigenvalue weighted by atomic mass is 19.1. The fourth-order valence-electron chi connectivity index (χ4n) is 2.49. The van der Waals surface area contributed by atoms with E-state index in [-0.39, 0.29) is 23.9 Å². The molecule has 1 amide bonds. The Balaban J connectivity index is 1.90. The molecule has 1 aromatic rings. The topological polar surface area (TPSA) is 41.6 Å². The average molecular weight is 280 g/mol. The summed E-state index contributed by atoms with van der Waals surface area (Å²) in [6, 6.07) is 4.71. The van der Waals surface area contributed by atoms with Gasteiger partial charge in [0.2, 0.25) is 5.91 Å². The number of anilines is 1. The van der Waals surface area contributed by atoms with E-state index in [1.165, 1.54) is 6.07 Å². The number of aryl methyl sites for hydroxylation is 1. The van der Waals surface area contributed by atoms with Gasteiger partial charge in [0, 0.05) is 18.8 Å². The average Bonchev–Trinajstić information content (AvgIpc) is 2.32. The van der Waals surface area contributed by atoms with Crippen LogP contribution in [0.2, 0.25) is 0 Å². The Labute approximate surface area is 118 Å². The zero-order valence-corrected chi connectivity index (χ0v) is 12.1. The van der Waals surface area contributed by atoms with Crippen LogP contribution in [0, 0.1) is 12.7 Å². The standard InChI is InChI=1S/C15H21FN2O2/c1-10-4-5-13(6-14(10)16)17-15(19)9-18-7-11(2)20-12(3)8-18/h4-6,11-12H,7-9H2,1-3H3,(H,17,19). The predicted octanol–water partition coefficient (Wildman–Crippen LogP) is 2.18. The molecule has 1 fully saturated rings. The van der Waals surface area contributed by atoms with E-state index in [4.69, 9.17) is 4.74 Å². The molecule has 2 atom stereocenters. The van der Waals surface area contributed by atoms with Gasteiger partial charge in [-0.25, -0.2) is 4.39 Å². The lowest BCUT2D eigenvalue weighted by molar-refractivity contribution is -0.121. The number of hydrogen-bond acceptors (Lipinski definition) is 3. The predicted molar refractivity (Wildman–Crippen MR) is 76.2 cm³/mol. The van der Waals surface area contributed by atoms with Gasteiger partial charge in [-0.3, -0.25) is 9.69 Å². The smallest absolute Gasteiger partial charge is 0.238 e. The Kier molecular flexibility index (Phi) is 4.73. The molecule has 1 aromatic carbocycles. The van der Waals surface area contributed by atoms with Crippen molar-refractivity contribution >= 4 is 11.6 Å². The van der Waals surface area contributed by atoms with Gasteiger partial charge in [-0.15, -0.1) is 0 Å². The van der Waals surface area contributed by atoms with Crippen molar-refractivity contribution in [1.82, 2.24) is 4.90 Å². The second-order valence-electron chi connectivity index (χ2n) is 5.46. The summed E-state index contributed by atoms with van der Waals surface area (Å²) in [6.07, 6.45) is 0.256. The van der Waals surface area contributed by atoms with E-state index in [1.54, 1.807) is 19.1 Å². The maximum absolute atomic E-state index is 13.4. The van der Waals surface area contributed by atoms with E-state index in [1.807, 2.05) is 13.8 Å². The minimum absolute atomic E-state index is 0.128. The first-order valence-corrected chi connectivity index (χ1v) is 6.88. The molecule has 2 unspecified atom stereocenters. The summed E-state index contributed by atoms with van der Waals surface area (Å²) in [7, 11) is 0. The Hall–Kier alpha value is -1.46. The lowest BCUT2D eigenvalue weighted by atomic mass is 10.2. The van der Waals surface area contributed by atoms with Crippen LogP contribution in [0.3, 0.4) is 0 Å². The van der Waals surface area contributed by atoms with Crippen molar-refractivity contribution in [3.63, 3.8) is 0 Å². The first kappa shape index (κ1) is 14.9. The van der Waals surface area contributed by atoms with Crippen LogP contribution in [0.4, 0.5) is 10.1 Å². The molecule has 1 aliphatic heterocycles. The molecule has 1 N–H and O–H groups in total. The van der Waals surface area contributed by atoms with E-state index < -0.39 is 0 Å². The summed E-state index contributed by atoms with van der Waals surface area (Å²) in [4.78, 5) is 14.0. The number of amides is 1. The van der Waals surface area contributed by atoms with Gasteiger partial charge in [0.15, 0.2) is 0 Å². The van der Waals surface area contributed by atoms with E-state index in [2.05, 4.69) is 10.2 Å². The van der Waals surface area contributed by atoms with Crippen molar-refractivity contribution in [2.75, 3.05) is 25.0 Å². The van der Waals surface area contributed by atoms with Crippen LogP contribution in [0.15, 0.2) is 18.2 Å². The van der Waals surface area contributed by atoms with Crippen molar-refractivity contribution in [2.24, 2.45) is 0 Å². The van der Waals surface area contributed by atoms with Gasteiger partial charge < -0.3 is 10.1 Å². The Morgan fingerprint density at radius 2 is 2.05 bits per heavy atom. The van der Waals surface area contributed by atoms with Crippen LogP contribution < -0.4 is 5.32 Å². The van der Waals surface area contributed by atoms with Crippen molar-refractivity contribution in [2.45, 2.75) is 33.0 Å². The van der Waals surface area contributed by atoms with Gasteiger partial charge in [-0.05, 0) is 38.5 Å². The van der Waals surface area contributed by atoms with Gasteiger partial charge >= 0.3 is 0 Å². The summed E-state index contributed by atoms with van der Waals surface area (Å²) < 4.78 is 19.0. The molecular weight excluding hydrogens is 259 g/mol. The maximum Gasteiger partial charge on any atom is 0.238 e. The molecule has 1 saturated heterocycles. The molecule has 0 spiro atoms. The monoisotopic (exact) mass is 280 g/mol. The number of hydrogen-bond donors (Lipinski definition) is 1. The first-order valence-electron chi connectivity index (χ1n) is 6.88. The van der Waals surface area contributed by atoms with E-state index in [0.29, 0.717) is 17.8 Å². The minimum Gasteiger partial charge on any atom is -0.373 e. The Morgan fingerprint density at radius 3 is 2.65 bits per heavy atom. The summed E-state index contributed by atoms with van der Waals surface area (Å²) in [6.45, 7) is 7.46. The lowest BCUT2D eigenvalue weighted by Gasteiger charge is -2.34. The molecule has 5 heteroatoms. The highest BCUT2D eigenvalue weighted by Crippen LogP contribution is 2.14. The van der Waals surface area contributed by atoms with Crippen molar-refractivity contribution in [3.8, 4) is 0 Å². The number of nitrogens with one attached hydrogen (secondary N) is 1. The number of morpholine rings is 1. The van der Waals surface area contributed by atoms with Gasteiger partial charge in [0.25, 0.3) is 0 Å². The molecule has 0 bridgehead atoms. The maximum atomic E-state index is 13.4. The van der Waals surface area contributed by atoms with Gasteiger partial charge in [-0.1, -0.05) is 6.07 Å². The molecular formula is C15H21FN2O2. The van der Waals surface area contributed by atoms with Gasteiger partial charge in [0.1, 0.15) is 5.82 Å². The number of carbonyl (C=O) groups excluding carboxylic acids is 1. The highest BCUT2D eigenvalue weighted by molar-refractivity contribution is 5.92. The van der Waals surface area contributed by atoms with Crippen molar-refractivity contribution < 1.29 is 13.9 Å². The number of ether oxygens (including phenoxy) is 1. The second-order valence-corrected chi connectivity index (χ2v) is 5.46. The van der Waals surface area contributed by atoms with E-state index in [0.717, 1.165) is 13.1 Å². The summed E-state index contributed by atoms with van der Waals surface area (Å²) in [5, 5.41) is 2.73. The van der Waals surface area contributed by atoms with Gasteiger partial charge in [-0.2, -0.15) is 0 Å². The minimum atomic E-state index is -0.309. The highest BCUT2D eigenvalue weighted by Gasteiger charge is 2.23. The first-order chi connectivity index (χ1) is 9.44. The number of rotatable bonds is 3. The number of carbonyl (C=O) groups is 1. The Morgan fingerprint density at radius 1 is 1.40 bits per heavy atom. The van der Waals surface area contributed by atoms with Crippen LogP contribution >= 0.6 is 0 Å². The van der Waals surface area contributed by atoms with Crippen molar-refractivity contribution in [1.29, 1.82) is 0 Å². The van der Waals surface area contributed by atoms with Crippen LogP contribution in [-0.4, -0.2) is 42.6 Å². The van der Waals surface area contributed by atoms with Crippen molar-refractivity contribution in [3.05, 3.63) is 29.6 Å². The number of nitrogens with zero attached hydrogens (tertiary/aromatic N) is 1. The van der Waals surface area contributed by atoms with Crippen LogP contribution in [0.5, 0.6) is 0 Å². The molecule has 1 heterocycles. The lowest BCUT2D eigenvalue weighted by Crippen LogP contribution is -2.48. The molecule has 0 aromatic heterocycles. The SMILES string of the molecule is Cc1ccc(NC(=O)CN2CC(C)OC(C)C2)cc1F. The fourth-order valence-corrected chi connectivity index (χ4v) is 2.49. The molecule has 20 heavy (non-hydrogen) atoms. The van der Waals surface area contributed by atoms with Crippen LogP contribution in [-0.2, 0) is 9.53 Å². The molecule has 0 radical (unpaired) electrons. The molecule has 0 aliphatic carbocycles. The van der Waals surface area contributed by atoms with Crippen LogP contribution in [0.25, 0.3) is 0 Å². The van der Waals surface area contributed by atoms with E-state index in [9.17, 15) is 9.18 Å². The molecule has 1 aliphatic rings. The molecule has 4 nitrogen and oxygen atoms in total. The molecule has 110 valence electrons. The number of benzene rings is 1. The second kappa shape index (κ2) is 6.33. The zero-order valence-electron chi connectivity index (χ0n) is 12.1. The quantitative estimate of drug-likeness (QED) is 0.922. The molecule has 0 saturated carbocycles. The number of halogens is 1. The third kappa shape index (κ3) is 4.02. The Bertz CT molecular complexity index is 483. The zero-order chi connectivity index (χ0) is 14.7. The third-order valence-corrected chi connectivity index (χ3v) is 3.32. The largest absolute Gasteiger partial charge is 0.373 e. The molecule has 2 rings (SSSR count). The van der Waals surface area contributed by atoms with Gasteiger partial charge in [0.05, 0.1) is 18.8 Å².